The summed E-state index contributed by atoms with van der Waals surface area (Å²) in [4.78, 5) is 19.1. The summed E-state index contributed by atoms with van der Waals surface area (Å²) in [5.41, 5.74) is 0.202. The number of halogens is 4. The minimum atomic E-state index is -5.05. The van der Waals surface area contributed by atoms with Gasteiger partial charge in [0.15, 0.2) is 0 Å². The van der Waals surface area contributed by atoms with Gasteiger partial charge in [0, 0.05) is 24.5 Å². The van der Waals surface area contributed by atoms with Crippen LogP contribution in [-0.4, -0.2) is 28.6 Å². The van der Waals surface area contributed by atoms with E-state index in [0.29, 0.717) is 17.9 Å². The van der Waals surface area contributed by atoms with Gasteiger partial charge in [0.25, 0.3) is 0 Å². The molecule has 2 aromatic heterocycles. The van der Waals surface area contributed by atoms with Crippen molar-refractivity contribution in [2.75, 3.05) is 17.2 Å². The molecule has 2 N–H and O–H groups in total. The van der Waals surface area contributed by atoms with Crippen molar-refractivity contribution in [1.29, 1.82) is 0 Å². The number of rotatable bonds is 3. The Bertz CT molecular complexity index is 843. The molecule has 0 fully saturated rings. The maximum absolute atomic E-state index is 12.4. The van der Waals surface area contributed by atoms with Gasteiger partial charge in [-0.05, 0) is 31.0 Å². The van der Waals surface area contributed by atoms with E-state index in [1.807, 2.05) is 6.92 Å². The molecule has 0 bridgehead atoms. The number of hydrogen-bond donors (Lipinski definition) is 2. The summed E-state index contributed by atoms with van der Waals surface area (Å²) >= 11 is 5.86. The molecule has 0 atom stereocenters. The van der Waals surface area contributed by atoms with Gasteiger partial charge in [-0.25, -0.2) is 9.97 Å². The first kappa shape index (κ1) is 18.5. The number of anilines is 2. The van der Waals surface area contributed by atoms with E-state index in [2.05, 4.69) is 27.1 Å². The van der Waals surface area contributed by atoms with Crippen LogP contribution in [0, 0.1) is 11.8 Å². The second-order valence-electron chi connectivity index (χ2n) is 4.68. The molecule has 5 nitrogen and oxygen atoms in total. The highest BCUT2D eigenvalue weighted by molar-refractivity contribution is 6.34. The van der Waals surface area contributed by atoms with Gasteiger partial charge in [-0.3, -0.25) is 4.79 Å². The lowest BCUT2D eigenvalue weighted by molar-refractivity contribution is -0.167. The number of nitrogens with zero attached hydrogens (tertiary/aromatic N) is 2. The molecule has 0 unspecified atom stereocenters. The SMILES string of the molecule is CCNc1cc(C#Cc2nccc(Cl)c2NC(=O)C(F)(F)F)ccn1. The van der Waals surface area contributed by atoms with Gasteiger partial charge >= 0.3 is 12.1 Å². The van der Waals surface area contributed by atoms with E-state index < -0.39 is 12.1 Å². The zero-order valence-corrected chi connectivity index (χ0v) is 13.7. The standard InChI is InChI=1S/C16H12ClF3N4O/c1-2-21-13-9-10(5-7-23-13)3-4-12-14(11(17)6-8-22-12)24-15(25)16(18,19)20/h5-9H,2H2,1H3,(H,21,23)(H,24,25). The molecule has 2 rings (SSSR count). The Morgan fingerprint density at radius 1 is 1.24 bits per heavy atom. The van der Waals surface area contributed by atoms with Crippen LogP contribution >= 0.6 is 11.6 Å². The second kappa shape index (κ2) is 7.85. The van der Waals surface area contributed by atoms with E-state index in [-0.39, 0.29) is 16.4 Å². The van der Waals surface area contributed by atoms with Crippen molar-refractivity contribution < 1.29 is 18.0 Å². The van der Waals surface area contributed by atoms with E-state index in [4.69, 9.17) is 11.6 Å². The molecule has 2 heterocycles. The lowest BCUT2D eigenvalue weighted by Gasteiger charge is -2.10. The smallest absolute Gasteiger partial charge is 0.370 e. The maximum atomic E-state index is 12.4. The summed E-state index contributed by atoms with van der Waals surface area (Å²) in [6, 6.07) is 4.57. The fraction of sp³-hybridized carbons (Fsp3) is 0.188. The highest BCUT2D eigenvalue weighted by atomic mass is 35.5. The number of carbonyl (C=O) groups excluding carboxylic acids is 1. The van der Waals surface area contributed by atoms with E-state index >= 15 is 0 Å². The zero-order chi connectivity index (χ0) is 18.4. The van der Waals surface area contributed by atoms with Crippen LogP contribution in [-0.2, 0) is 4.79 Å². The molecule has 0 aliphatic carbocycles. The molecule has 0 radical (unpaired) electrons. The summed E-state index contributed by atoms with van der Waals surface area (Å²) in [5.74, 6) is 3.83. The van der Waals surface area contributed by atoms with Crippen molar-refractivity contribution >= 4 is 29.0 Å². The van der Waals surface area contributed by atoms with Crippen molar-refractivity contribution in [2.24, 2.45) is 0 Å². The molecule has 0 aromatic carbocycles. The molecule has 0 saturated carbocycles. The van der Waals surface area contributed by atoms with Gasteiger partial charge in [-0.15, -0.1) is 0 Å². The Labute approximate surface area is 146 Å². The molecule has 0 aliphatic rings. The van der Waals surface area contributed by atoms with Crippen LogP contribution in [0.15, 0.2) is 30.6 Å². The van der Waals surface area contributed by atoms with Crippen molar-refractivity contribution in [3.63, 3.8) is 0 Å². The van der Waals surface area contributed by atoms with Crippen LogP contribution in [0.3, 0.4) is 0 Å². The fourth-order valence-corrected chi connectivity index (χ4v) is 1.95. The van der Waals surface area contributed by atoms with Crippen LogP contribution in [0.4, 0.5) is 24.7 Å². The van der Waals surface area contributed by atoms with E-state index in [9.17, 15) is 18.0 Å². The maximum Gasteiger partial charge on any atom is 0.471 e. The molecule has 130 valence electrons. The molecule has 1 amide bonds. The molecule has 9 heteroatoms. The summed E-state index contributed by atoms with van der Waals surface area (Å²) in [6.45, 7) is 2.58. The molecule has 25 heavy (non-hydrogen) atoms. The largest absolute Gasteiger partial charge is 0.471 e. The summed E-state index contributed by atoms with van der Waals surface area (Å²) in [7, 11) is 0. The topological polar surface area (TPSA) is 66.9 Å². The van der Waals surface area contributed by atoms with E-state index in [0.717, 1.165) is 0 Å². The monoisotopic (exact) mass is 368 g/mol. The lowest BCUT2D eigenvalue weighted by atomic mass is 10.2. The number of carbonyl (C=O) groups is 1. The first-order chi connectivity index (χ1) is 11.8. The van der Waals surface area contributed by atoms with Crippen molar-refractivity contribution in [1.82, 2.24) is 9.97 Å². The molecule has 2 aromatic rings. The summed E-state index contributed by atoms with van der Waals surface area (Å²) in [6.07, 6.45) is -2.22. The van der Waals surface area contributed by atoms with Gasteiger partial charge in [-0.2, -0.15) is 13.2 Å². The number of alkyl halides is 3. The van der Waals surface area contributed by atoms with Crippen molar-refractivity contribution in [3.05, 3.63) is 46.9 Å². The minimum Gasteiger partial charge on any atom is -0.370 e. The third kappa shape index (κ3) is 5.09. The van der Waals surface area contributed by atoms with Crippen LogP contribution in [0.2, 0.25) is 5.02 Å². The van der Waals surface area contributed by atoms with Crippen molar-refractivity contribution in [3.8, 4) is 11.8 Å². The molecule has 0 saturated heterocycles. The minimum absolute atomic E-state index is 0.0769. The number of hydrogen-bond acceptors (Lipinski definition) is 4. The molecular formula is C16H12ClF3N4O. The Morgan fingerprint density at radius 3 is 2.64 bits per heavy atom. The first-order valence-corrected chi connectivity index (χ1v) is 7.43. The summed E-state index contributed by atoms with van der Waals surface area (Å²) in [5, 5.41) is 4.62. The van der Waals surface area contributed by atoms with Gasteiger partial charge < -0.3 is 10.6 Å². The highest BCUT2D eigenvalue weighted by Crippen LogP contribution is 2.26. The number of pyridine rings is 2. The lowest BCUT2D eigenvalue weighted by Crippen LogP contribution is -2.30. The van der Waals surface area contributed by atoms with Gasteiger partial charge in [0.2, 0.25) is 0 Å². The molecular weight excluding hydrogens is 357 g/mol. The van der Waals surface area contributed by atoms with Crippen LogP contribution in [0.25, 0.3) is 0 Å². The quantitative estimate of drug-likeness (QED) is 0.814. The predicted molar refractivity (Wildman–Crippen MR) is 88.3 cm³/mol. The highest BCUT2D eigenvalue weighted by Gasteiger charge is 2.39. The first-order valence-electron chi connectivity index (χ1n) is 7.06. The number of aromatic nitrogens is 2. The zero-order valence-electron chi connectivity index (χ0n) is 12.9. The number of amides is 1. The molecule has 0 spiro atoms. The average molecular weight is 369 g/mol. The third-order valence-corrected chi connectivity index (χ3v) is 3.15. The Hall–Kier alpha value is -2.79. The van der Waals surface area contributed by atoms with E-state index in [1.165, 1.54) is 12.3 Å². The Balaban J connectivity index is 2.34. The van der Waals surface area contributed by atoms with Gasteiger partial charge in [0.05, 0.1) is 10.7 Å². The van der Waals surface area contributed by atoms with Gasteiger partial charge in [0.1, 0.15) is 11.5 Å². The Morgan fingerprint density at radius 2 is 1.96 bits per heavy atom. The number of nitrogens with one attached hydrogen (secondary N) is 2. The van der Waals surface area contributed by atoms with E-state index in [1.54, 1.807) is 23.6 Å². The van der Waals surface area contributed by atoms with Crippen LogP contribution in [0.1, 0.15) is 18.2 Å². The summed E-state index contributed by atoms with van der Waals surface area (Å²) < 4.78 is 37.3. The average Bonchev–Trinajstić information content (AvgIpc) is 2.55. The van der Waals surface area contributed by atoms with Crippen molar-refractivity contribution in [2.45, 2.75) is 13.1 Å². The predicted octanol–water partition coefficient (Wildman–Crippen LogP) is 3.46. The Kier molecular flexibility index (Phi) is 5.83. The van der Waals surface area contributed by atoms with Crippen LogP contribution < -0.4 is 10.6 Å². The fourth-order valence-electron chi connectivity index (χ4n) is 1.75. The second-order valence-corrected chi connectivity index (χ2v) is 5.09. The molecule has 0 aliphatic heterocycles. The normalized spacial score (nSPS) is 10.6. The van der Waals surface area contributed by atoms with Crippen LogP contribution in [0.5, 0.6) is 0 Å². The van der Waals surface area contributed by atoms with Gasteiger partial charge in [-0.1, -0.05) is 17.5 Å². The third-order valence-electron chi connectivity index (χ3n) is 2.84.